The van der Waals surface area contributed by atoms with E-state index in [0.29, 0.717) is 12.3 Å². The second kappa shape index (κ2) is 5.36. The number of aryl methyl sites for hydroxylation is 1. The van der Waals surface area contributed by atoms with Crippen LogP contribution in [-0.4, -0.2) is 17.7 Å². The fraction of sp³-hybridized carbons (Fsp3) is 0.364. The summed E-state index contributed by atoms with van der Waals surface area (Å²) >= 11 is 0. The number of rotatable bonds is 5. The lowest BCUT2D eigenvalue weighted by atomic mass is 10.1. The molecule has 0 heterocycles. The maximum atomic E-state index is 10.3. The summed E-state index contributed by atoms with van der Waals surface area (Å²) in [7, 11) is 0. The van der Waals surface area contributed by atoms with Crippen molar-refractivity contribution in [3.63, 3.8) is 0 Å². The molecule has 0 saturated carbocycles. The van der Waals surface area contributed by atoms with E-state index in [0.717, 1.165) is 12.0 Å². The highest BCUT2D eigenvalue weighted by molar-refractivity contribution is 5.68. The van der Waals surface area contributed by atoms with Crippen molar-refractivity contribution in [3.05, 3.63) is 29.3 Å². The van der Waals surface area contributed by atoms with Crippen molar-refractivity contribution in [2.45, 2.75) is 19.9 Å². The Bertz CT molecular complexity index is 350. The topological polar surface area (TPSA) is 72.5 Å². The van der Waals surface area contributed by atoms with E-state index < -0.39 is 5.97 Å². The van der Waals surface area contributed by atoms with Crippen LogP contribution in [0.4, 0.5) is 0 Å². The number of carboxylic acid groups (broad SMARTS) is 1. The Kier molecular flexibility index (Phi) is 4.12. The molecule has 0 atom stereocenters. The van der Waals surface area contributed by atoms with Gasteiger partial charge < -0.3 is 15.6 Å². The minimum Gasteiger partial charge on any atom is -0.482 e. The van der Waals surface area contributed by atoms with Crippen LogP contribution in [0.2, 0.25) is 0 Å². The first kappa shape index (κ1) is 11.5. The number of carboxylic acids is 1. The Labute approximate surface area is 88.7 Å². The minimum atomic E-state index is -0.983. The summed E-state index contributed by atoms with van der Waals surface area (Å²) in [4.78, 5) is 10.3. The second-order valence-corrected chi connectivity index (χ2v) is 3.17. The van der Waals surface area contributed by atoms with Gasteiger partial charge in [0.05, 0.1) is 0 Å². The van der Waals surface area contributed by atoms with Gasteiger partial charge in [-0.2, -0.15) is 0 Å². The first-order valence-corrected chi connectivity index (χ1v) is 4.83. The summed E-state index contributed by atoms with van der Waals surface area (Å²) < 4.78 is 5.05. The Morgan fingerprint density at radius 3 is 2.73 bits per heavy atom. The standard InChI is InChI=1S/C11H15NO3/c1-2-8-3-4-10(5-9(8)6-12)15-7-11(13)14/h3-5H,2,6-7,12H2,1H3,(H,13,14). The molecule has 3 N–H and O–H groups in total. The Hall–Kier alpha value is -1.55. The second-order valence-electron chi connectivity index (χ2n) is 3.17. The number of carbonyl (C=O) groups is 1. The quantitative estimate of drug-likeness (QED) is 0.763. The molecule has 0 spiro atoms. The minimum absolute atomic E-state index is 0.324. The summed E-state index contributed by atoms with van der Waals surface area (Å²) in [6, 6.07) is 5.47. The number of hydrogen-bond donors (Lipinski definition) is 2. The Morgan fingerprint density at radius 2 is 2.20 bits per heavy atom. The van der Waals surface area contributed by atoms with Gasteiger partial charge >= 0.3 is 5.97 Å². The maximum absolute atomic E-state index is 10.3. The molecule has 1 aromatic carbocycles. The fourth-order valence-electron chi connectivity index (χ4n) is 1.37. The van der Waals surface area contributed by atoms with E-state index in [1.54, 1.807) is 12.1 Å². The summed E-state index contributed by atoms with van der Waals surface area (Å²) in [6.07, 6.45) is 0.908. The van der Waals surface area contributed by atoms with Gasteiger partial charge in [0, 0.05) is 6.54 Å². The molecule has 0 aliphatic carbocycles. The van der Waals surface area contributed by atoms with E-state index in [-0.39, 0.29) is 6.61 Å². The number of benzene rings is 1. The first-order chi connectivity index (χ1) is 7.17. The van der Waals surface area contributed by atoms with E-state index >= 15 is 0 Å². The van der Waals surface area contributed by atoms with Crippen LogP contribution < -0.4 is 10.5 Å². The molecule has 1 rings (SSSR count). The lowest BCUT2D eigenvalue weighted by molar-refractivity contribution is -0.139. The molecule has 0 saturated heterocycles. The maximum Gasteiger partial charge on any atom is 0.341 e. The largest absolute Gasteiger partial charge is 0.482 e. The van der Waals surface area contributed by atoms with Crippen molar-refractivity contribution in [1.29, 1.82) is 0 Å². The van der Waals surface area contributed by atoms with Crippen LogP contribution in [0.15, 0.2) is 18.2 Å². The number of ether oxygens (including phenoxy) is 1. The molecule has 82 valence electrons. The Morgan fingerprint density at radius 1 is 1.47 bits per heavy atom. The fourth-order valence-corrected chi connectivity index (χ4v) is 1.37. The van der Waals surface area contributed by atoms with Crippen LogP contribution >= 0.6 is 0 Å². The highest BCUT2D eigenvalue weighted by Crippen LogP contribution is 2.18. The molecule has 0 aromatic heterocycles. The molecule has 0 aliphatic heterocycles. The lowest BCUT2D eigenvalue weighted by Crippen LogP contribution is -2.10. The smallest absolute Gasteiger partial charge is 0.341 e. The zero-order chi connectivity index (χ0) is 11.3. The Balaban J connectivity index is 2.78. The van der Waals surface area contributed by atoms with Gasteiger partial charge in [0.25, 0.3) is 0 Å². The number of hydrogen-bond acceptors (Lipinski definition) is 3. The van der Waals surface area contributed by atoms with Crippen LogP contribution in [0.5, 0.6) is 5.75 Å². The van der Waals surface area contributed by atoms with Crippen molar-refractivity contribution in [2.75, 3.05) is 6.61 Å². The molecule has 0 unspecified atom stereocenters. The van der Waals surface area contributed by atoms with Gasteiger partial charge in [-0.3, -0.25) is 0 Å². The van der Waals surface area contributed by atoms with Crippen molar-refractivity contribution in [1.82, 2.24) is 0 Å². The summed E-state index contributed by atoms with van der Waals surface area (Å²) in [5.41, 5.74) is 7.75. The van der Waals surface area contributed by atoms with Gasteiger partial charge in [-0.25, -0.2) is 4.79 Å². The number of nitrogens with two attached hydrogens (primary N) is 1. The van der Waals surface area contributed by atoms with Crippen molar-refractivity contribution >= 4 is 5.97 Å². The summed E-state index contributed by atoms with van der Waals surface area (Å²) in [5, 5.41) is 8.45. The van der Waals surface area contributed by atoms with E-state index in [1.165, 1.54) is 5.56 Å². The van der Waals surface area contributed by atoms with Gasteiger partial charge in [0.15, 0.2) is 6.61 Å². The summed E-state index contributed by atoms with van der Waals surface area (Å²) in [5.74, 6) is -0.432. The molecule has 4 nitrogen and oxygen atoms in total. The molecule has 1 aromatic rings. The highest BCUT2D eigenvalue weighted by atomic mass is 16.5. The average molecular weight is 209 g/mol. The van der Waals surface area contributed by atoms with Crippen LogP contribution in [0.25, 0.3) is 0 Å². The third-order valence-electron chi connectivity index (χ3n) is 2.14. The van der Waals surface area contributed by atoms with E-state index in [4.69, 9.17) is 15.6 Å². The van der Waals surface area contributed by atoms with Gasteiger partial charge in [0.2, 0.25) is 0 Å². The van der Waals surface area contributed by atoms with Crippen molar-refractivity contribution in [2.24, 2.45) is 5.73 Å². The third kappa shape index (κ3) is 3.25. The molecular weight excluding hydrogens is 194 g/mol. The van der Waals surface area contributed by atoms with Crippen LogP contribution in [0.3, 0.4) is 0 Å². The monoisotopic (exact) mass is 209 g/mol. The normalized spacial score (nSPS) is 10.0. The molecule has 0 radical (unpaired) electrons. The molecule has 4 heteroatoms. The highest BCUT2D eigenvalue weighted by Gasteiger charge is 2.03. The van der Waals surface area contributed by atoms with Crippen molar-refractivity contribution in [3.8, 4) is 5.75 Å². The SMILES string of the molecule is CCc1ccc(OCC(=O)O)cc1CN. The third-order valence-corrected chi connectivity index (χ3v) is 2.14. The van der Waals surface area contributed by atoms with Crippen molar-refractivity contribution < 1.29 is 14.6 Å². The average Bonchev–Trinajstić information content (AvgIpc) is 2.25. The summed E-state index contributed by atoms with van der Waals surface area (Å²) in [6.45, 7) is 2.16. The zero-order valence-corrected chi connectivity index (χ0v) is 8.69. The predicted octanol–water partition coefficient (Wildman–Crippen LogP) is 1.17. The van der Waals surface area contributed by atoms with Crippen LogP contribution in [-0.2, 0) is 17.8 Å². The van der Waals surface area contributed by atoms with Crippen LogP contribution in [0, 0.1) is 0 Å². The van der Waals surface area contributed by atoms with Gasteiger partial charge in [0.1, 0.15) is 5.75 Å². The van der Waals surface area contributed by atoms with Gasteiger partial charge in [-0.05, 0) is 29.7 Å². The molecule has 0 aliphatic rings. The van der Waals surface area contributed by atoms with E-state index in [1.807, 2.05) is 13.0 Å². The van der Waals surface area contributed by atoms with Gasteiger partial charge in [-0.1, -0.05) is 13.0 Å². The van der Waals surface area contributed by atoms with E-state index in [9.17, 15) is 4.79 Å². The molecule has 0 fully saturated rings. The zero-order valence-electron chi connectivity index (χ0n) is 8.69. The lowest BCUT2D eigenvalue weighted by Gasteiger charge is -2.09. The van der Waals surface area contributed by atoms with Gasteiger partial charge in [-0.15, -0.1) is 0 Å². The van der Waals surface area contributed by atoms with Crippen LogP contribution in [0.1, 0.15) is 18.1 Å². The molecular formula is C11H15NO3. The first-order valence-electron chi connectivity index (χ1n) is 4.83. The predicted molar refractivity (Wildman–Crippen MR) is 56.8 cm³/mol. The van der Waals surface area contributed by atoms with E-state index in [2.05, 4.69) is 0 Å². The number of aliphatic carboxylic acids is 1. The molecule has 15 heavy (non-hydrogen) atoms. The molecule has 0 bridgehead atoms. The molecule has 0 amide bonds.